The van der Waals surface area contributed by atoms with Gasteiger partial charge in [-0.3, -0.25) is 4.79 Å². The minimum atomic E-state index is -1.35. The Morgan fingerprint density at radius 1 is 1.39 bits per heavy atom. The third-order valence-corrected chi connectivity index (χ3v) is 2.66. The number of carbonyl (C=O) groups excluding carboxylic acids is 1. The summed E-state index contributed by atoms with van der Waals surface area (Å²) in [4.78, 5) is 22.9. The second kappa shape index (κ2) is 4.80. The van der Waals surface area contributed by atoms with Crippen molar-refractivity contribution in [1.29, 1.82) is 0 Å². The molecule has 0 aliphatic heterocycles. The third kappa shape index (κ3) is 2.69. The number of rotatable bonds is 4. The lowest BCUT2D eigenvalue weighted by molar-refractivity contribution is -0.143. The summed E-state index contributed by atoms with van der Waals surface area (Å²) in [5.41, 5.74) is -0.572. The minimum Gasteiger partial charge on any atom is -0.480 e. The van der Waals surface area contributed by atoms with E-state index >= 15 is 0 Å². The zero-order chi connectivity index (χ0) is 14.1. The molecule has 0 aliphatic carbocycles. The van der Waals surface area contributed by atoms with E-state index in [1.54, 1.807) is 6.92 Å². The number of aromatic nitrogens is 1. The predicted molar refractivity (Wildman–Crippen MR) is 64.5 cm³/mol. The predicted octanol–water partition coefficient (Wildman–Crippen LogP) is 1.70. The zero-order valence-electron chi connectivity index (χ0n) is 11.2. The highest BCUT2D eigenvalue weighted by atomic mass is 16.5. The van der Waals surface area contributed by atoms with Crippen LogP contribution in [0, 0.1) is 6.92 Å². The van der Waals surface area contributed by atoms with E-state index in [1.165, 1.54) is 13.8 Å². The van der Waals surface area contributed by atoms with Gasteiger partial charge in [0, 0.05) is 11.5 Å². The van der Waals surface area contributed by atoms with Crippen molar-refractivity contribution in [3.8, 4) is 0 Å². The summed E-state index contributed by atoms with van der Waals surface area (Å²) in [6.45, 7) is 8.40. The molecule has 18 heavy (non-hydrogen) atoms. The Balaban J connectivity index is 2.96. The molecule has 1 heterocycles. The first-order chi connectivity index (χ1) is 8.16. The van der Waals surface area contributed by atoms with Gasteiger partial charge in [-0.25, -0.2) is 4.79 Å². The summed E-state index contributed by atoms with van der Waals surface area (Å²) >= 11 is 0. The van der Waals surface area contributed by atoms with Crippen molar-refractivity contribution in [1.82, 2.24) is 10.5 Å². The van der Waals surface area contributed by atoms with E-state index in [4.69, 9.17) is 9.63 Å². The molecule has 0 aromatic carbocycles. The normalized spacial score (nSPS) is 11.7. The number of carboxylic acids is 1. The number of nitrogens with one attached hydrogen (secondary N) is 1. The molecule has 6 nitrogen and oxygen atoms in total. The van der Waals surface area contributed by atoms with Crippen LogP contribution < -0.4 is 5.32 Å². The fourth-order valence-electron chi connectivity index (χ4n) is 1.50. The molecule has 0 aliphatic rings. The Morgan fingerprint density at radius 3 is 2.33 bits per heavy atom. The van der Waals surface area contributed by atoms with Crippen molar-refractivity contribution in [2.45, 2.75) is 46.1 Å². The molecule has 0 bridgehead atoms. The first kappa shape index (κ1) is 14.2. The van der Waals surface area contributed by atoms with Gasteiger partial charge in [-0.1, -0.05) is 19.0 Å². The molecule has 1 aromatic heterocycles. The van der Waals surface area contributed by atoms with Gasteiger partial charge in [0.2, 0.25) is 0 Å². The molecule has 0 unspecified atom stereocenters. The first-order valence-corrected chi connectivity index (χ1v) is 5.69. The maximum Gasteiger partial charge on any atom is 0.328 e. The molecular formula is C12H18N2O4. The van der Waals surface area contributed by atoms with Crippen molar-refractivity contribution >= 4 is 11.9 Å². The third-order valence-electron chi connectivity index (χ3n) is 2.66. The summed E-state index contributed by atoms with van der Waals surface area (Å²) in [5, 5.41) is 15.0. The average molecular weight is 254 g/mol. The first-order valence-electron chi connectivity index (χ1n) is 5.69. The van der Waals surface area contributed by atoms with Crippen LogP contribution in [-0.4, -0.2) is 27.7 Å². The van der Waals surface area contributed by atoms with E-state index < -0.39 is 17.4 Å². The number of hydrogen-bond acceptors (Lipinski definition) is 4. The van der Waals surface area contributed by atoms with Gasteiger partial charge >= 0.3 is 5.97 Å². The Morgan fingerprint density at radius 2 is 1.94 bits per heavy atom. The lowest BCUT2D eigenvalue weighted by Crippen LogP contribution is -2.49. The quantitative estimate of drug-likeness (QED) is 0.853. The van der Waals surface area contributed by atoms with Crippen LogP contribution in [0.15, 0.2) is 4.52 Å². The SMILES string of the molecule is Cc1c(C(=O)NC(C)(C)C(=O)O)noc1C(C)C. The molecule has 100 valence electrons. The summed E-state index contributed by atoms with van der Waals surface area (Å²) in [6.07, 6.45) is 0. The van der Waals surface area contributed by atoms with Gasteiger partial charge in [0.05, 0.1) is 0 Å². The van der Waals surface area contributed by atoms with Gasteiger partial charge in [-0.15, -0.1) is 0 Å². The summed E-state index contributed by atoms with van der Waals surface area (Å²) in [5.74, 6) is -0.906. The van der Waals surface area contributed by atoms with Gasteiger partial charge in [0.1, 0.15) is 11.3 Å². The Kier molecular flexibility index (Phi) is 3.79. The second-order valence-electron chi connectivity index (χ2n) is 5.06. The van der Waals surface area contributed by atoms with Crippen LogP contribution in [0.2, 0.25) is 0 Å². The van der Waals surface area contributed by atoms with Crippen molar-refractivity contribution in [2.75, 3.05) is 0 Å². The number of nitrogens with zero attached hydrogens (tertiary/aromatic N) is 1. The standard InChI is InChI=1S/C12H18N2O4/c1-6(2)9-7(3)8(14-18-9)10(15)13-12(4,5)11(16)17/h6H,1-5H3,(H,13,15)(H,16,17). The van der Waals surface area contributed by atoms with Crippen LogP contribution in [0.1, 0.15) is 55.4 Å². The zero-order valence-corrected chi connectivity index (χ0v) is 11.2. The average Bonchev–Trinajstić information content (AvgIpc) is 2.59. The molecule has 0 fully saturated rings. The lowest BCUT2D eigenvalue weighted by atomic mass is 10.0. The van der Waals surface area contributed by atoms with Crippen LogP contribution in [-0.2, 0) is 4.79 Å². The summed E-state index contributed by atoms with van der Waals surface area (Å²) in [6, 6.07) is 0. The van der Waals surface area contributed by atoms with Crippen LogP contribution >= 0.6 is 0 Å². The number of carboxylic acid groups (broad SMARTS) is 1. The van der Waals surface area contributed by atoms with E-state index in [1.807, 2.05) is 13.8 Å². The van der Waals surface area contributed by atoms with Crippen LogP contribution in [0.4, 0.5) is 0 Å². The maximum atomic E-state index is 11.9. The van der Waals surface area contributed by atoms with Gasteiger partial charge < -0.3 is 14.9 Å². The van der Waals surface area contributed by atoms with Gasteiger partial charge in [0.25, 0.3) is 5.91 Å². The van der Waals surface area contributed by atoms with Crippen molar-refractivity contribution in [2.24, 2.45) is 0 Å². The Bertz CT molecular complexity index is 474. The highest BCUT2D eigenvalue weighted by Crippen LogP contribution is 2.21. The molecule has 2 N–H and O–H groups in total. The molecule has 0 radical (unpaired) electrons. The topological polar surface area (TPSA) is 92.4 Å². The maximum absolute atomic E-state index is 11.9. The van der Waals surface area contributed by atoms with Crippen LogP contribution in [0.3, 0.4) is 0 Å². The number of amides is 1. The molecule has 1 aromatic rings. The van der Waals surface area contributed by atoms with E-state index in [-0.39, 0.29) is 11.6 Å². The Labute approximate surface area is 105 Å². The van der Waals surface area contributed by atoms with Crippen molar-refractivity contribution in [3.05, 3.63) is 17.0 Å². The molecule has 0 saturated heterocycles. The van der Waals surface area contributed by atoms with E-state index in [9.17, 15) is 9.59 Å². The molecule has 0 spiro atoms. The summed E-state index contributed by atoms with van der Waals surface area (Å²) in [7, 11) is 0. The fraction of sp³-hybridized carbons (Fsp3) is 0.583. The van der Waals surface area contributed by atoms with Crippen LogP contribution in [0.25, 0.3) is 0 Å². The smallest absolute Gasteiger partial charge is 0.328 e. The van der Waals surface area contributed by atoms with Gasteiger partial charge in [0.15, 0.2) is 5.69 Å². The summed E-state index contributed by atoms with van der Waals surface area (Å²) < 4.78 is 5.09. The number of carbonyl (C=O) groups is 2. The monoisotopic (exact) mass is 254 g/mol. The minimum absolute atomic E-state index is 0.117. The van der Waals surface area contributed by atoms with Gasteiger partial charge in [-0.05, 0) is 20.8 Å². The molecule has 6 heteroatoms. The lowest BCUT2D eigenvalue weighted by Gasteiger charge is -2.20. The molecule has 1 rings (SSSR count). The fourth-order valence-corrected chi connectivity index (χ4v) is 1.50. The van der Waals surface area contributed by atoms with Crippen LogP contribution in [0.5, 0.6) is 0 Å². The number of hydrogen-bond donors (Lipinski definition) is 2. The van der Waals surface area contributed by atoms with Gasteiger partial charge in [-0.2, -0.15) is 0 Å². The van der Waals surface area contributed by atoms with E-state index in [2.05, 4.69) is 10.5 Å². The van der Waals surface area contributed by atoms with E-state index in [0.29, 0.717) is 11.3 Å². The second-order valence-corrected chi connectivity index (χ2v) is 5.06. The molecule has 1 amide bonds. The molecule has 0 saturated carbocycles. The number of aliphatic carboxylic acids is 1. The van der Waals surface area contributed by atoms with Crippen molar-refractivity contribution in [3.63, 3.8) is 0 Å². The highest BCUT2D eigenvalue weighted by molar-refractivity contribution is 5.97. The Hall–Kier alpha value is -1.85. The molecule has 0 atom stereocenters. The van der Waals surface area contributed by atoms with Crippen molar-refractivity contribution < 1.29 is 19.2 Å². The van der Waals surface area contributed by atoms with E-state index in [0.717, 1.165) is 0 Å². The largest absolute Gasteiger partial charge is 0.480 e. The molecular weight excluding hydrogens is 236 g/mol. The highest BCUT2D eigenvalue weighted by Gasteiger charge is 2.31.